The Hall–Kier alpha value is -0.530. The zero-order valence-corrected chi connectivity index (χ0v) is 18.6. The van der Waals surface area contributed by atoms with E-state index in [0.717, 1.165) is 28.8 Å². The smallest absolute Gasteiger partial charge is 0.0406 e. The van der Waals surface area contributed by atoms with Gasteiger partial charge in [-0.2, -0.15) is 0 Å². The molecule has 0 unspecified atom stereocenters. The lowest BCUT2D eigenvalue weighted by atomic mass is 9.41. The van der Waals surface area contributed by atoms with Crippen LogP contribution in [0.15, 0.2) is 24.3 Å². The third-order valence-corrected chi connectivity index (χ3v) is 9.64. The molecule has 6 rings (SSSR count). The van der Waals surface area contributed by atoms with E-state index < -0.39 is 0 Å². The Morgan fingerprint density at radius 1 is 1.00 bits per heavy atom. The van der Waals surface area contributed by atoms with E-state index in [9.17, 15) is 0 Å². The molecule has 0 spiro atoms. The van der Waals surface area contributed by atoms with Gasteiger partial charge in [-0.15, -0.1) is 0 Å². The molecule has 5 aliphatic carbocycles. The largest absolute Gasteiger partial charge is 0.311 e. The van der Waals surface area contributed by atoms with Crippen LogP contribution in [0.4, 0.5) is 0 Å². The first-order valence-electron chi connectivity index (χ1n) is 12.0. The SMILES string of the molecule is CCC1CCC(N[C@H](C)C23C[C@H]4C[C@@H](CC(c5ccc(Cl)cc5)(C4)C2)C3)CC1. The Morgan fingerprint density at radius 2 is 1.64 bits per heavy atom. The maximum atomic E-state index is 6.22. The maximum Gasteiger partial charge on any atom is 0.0406 e. The van der Waals surface area contributed by atoms with Gasteiger partial charge < -0.3 is 5.32 Å². The third kappa shape index (κ3) is 3.35. The van der Waals surface area contributed by atoms with Gasteiger partial charge in [0.1, 0.15) is 0 Å². The van der Waals surface area contributed by atoms with Crippen molar-refractivity contribution in [2.75, 3.05) is 0 Å². The standard InChI is InChI=1S/C26H38ClN/c1-3-19-4-10-24(11-5-19)28-18(2)25-13-20-12-21(14-25)16-26(15-20,17-25)22-6-8-23(27)9-7-22/h6-9,18-21,24,28H,3-5,10-17H2,1-2H3/t18-,19?,20-,21-,24?,25?,26?/m1/s1. The molecule has 0 saturated heterocycles. The van der Waals surface area contributed by atoms with Crippen LogP contribution in [0.3, 0.4) is 0 Å². The Morgan fingerprint density at radius 3 is 2.25 bits per heavy atom. The number of hydrogen-bond acceptors (Lipinski definition) is 1. The highest BCUT2D eigenvalue weighted by molar-refractivity contribution is 6.30. The molecule has 5 aliphatic rings. The molecule has 1 N–H and O–H groups in total. The molecule has 1 aromatic carbocycles. The summed E-state index contributed by atoms with van der Waals surface area (Å²) in [6.45, 7) is 4.90. The molecule has 28 heavy (non-hydrogen) atoms. The van der Waals surface area contributed by atoms with E-state index >= 15 is 0 Å². The molecular weight excluding hydrogens is 362 g/mol. The monoisotopic (exact) mass is 399 g/mol. The predicted octanol–water partition coefficient (Wildman–Crippen LogP) is 7.12. The second-order valence-electron chi connectivity index (χ2n) is 11.1. The molecule has 4 bridgehead atoms. The Bertz CT molecular complexity index is 673. The van der Waals surface area contributed by atoms with E-state index in [2.05, 4.69) is 43.4 Å². The molecule has 1 nitrogen and oxygen atoms in total. The van der Waals surface area contributed by atoms with Gasteiger partial charge in [-0.3, -0.25) is 0 Å². The first-order chi connectivity index (χ1) is 13.5. The second-order valence-corrected chi connectivity index (χ2v) is 11.6. The van der Waals surface area contributed by atoms with E-state index in [4.69, 9.17) is 11.6 Å². The quantitative estimate of drug-likeness (QED) is 0.555. The van der Waals surface area contributed by atoms with Gasteiger partial charge in [-0.25, -0.2) is 0 Å². The van der Waals surface area contributed by atoms with Gasteiger partial charge in [0.05, 0.1) is 0 Å². The summed E-state index contributed by atoms with van der Waals surface area (Å²) in [6, 6.07) is 10.3. The van der Waals surface area contributed by atoms with Crippen LogP contribution in [0, 0.1) is 23.2 Å². The fourth-order valence-corrected chi connectivity index (χ4v) is 8.37. The van der Waals surface area contributed by atoms with Crippen molar-refractivity contribution >= 4 is 11.6 Å². The fraction of sp³-hybridized carbons (Fsp3) is 0.769. The Balaban J connectivity index is 1.35. The zero-order valence-electron chi connectivity index (χ0n) is 17.9. The van der Waals surface area contributed by atoms with Gasteiger partial charge >= 0.3 is 0 Å². The van der Waals surface area contributed by atoms with Crippen LogP contribution in [0.5, 0.6) is 0 Å². The van der Waals surface area contributed by atoms with Gasteiger partial charge in [-0.1, -0.05) is 37.1 Å². The molecule has 154 valence electrons. The van der Waals surface area contributed by atoms with E-state index in [1.807, 2.05) is 0 Å². The van der Waals surface area contributed by atoms with E-state index in [0.29, 0.717) is 16.9 Å². The first kappa shape index (κ1) is 19.4. The molecule has 5 saturated carbocycles. The lowest BCUT2D eigenvalue weighted by Crippen LogP contribution is -2.61. The molecule has 3 atom stereocenters. The van der Waals surface area contributed by atoms with Crippen LogP contribution < -0.4 is 5.32 Å². The van der Waals surface area contributed by atoms with Gasteiger partial charge in [0, 0.05) is 17.1 Å². The summed E-state index contributed by atoms with van der Waals surface area (Å²) < 4.78 is 0. The van der Waals surface area contributed by atoms with Crippen molar-refractivity contribution in [1.29, 1.82) is 0 Å². The third-order valence-electron chi connectivity index (χ3n) is 9.39. The lowest BCUT2D eigenvalue weighted by Gasteiger charge is -2.64. The van der Waals surface area contributed by atoms with Crippen LogP contribution >= 0.6 is 11.6 Å². The van der Waals surface area contributed by atoms with Crippen molar-refractivity contribution < 1.29 is 0 Å². The second kappa shape index (κ2) is 7.31. The average molecular weight is 400 g/mol. The lowest BCUT2D eigenvalue weighted by molar-refractivity contribution is -0.0902. The van der Waals surface area contributed by atoms with E-state index in [1.54, 1.807) is 5.56 Å². The van der Waals surface area contributed by atoms with Crippen molar-refractivity contribution in [2.24, 2.45) is 23.2 Å². The van der Waals surface area contributed by atoms with Crippen molar-refractivity contribution in [3.05, 3.63) is 34.9 Å². The molecule has 0 radical (unpaired) electrons. The fourth-order valence-electron chi connectivity index (χ4n) is 8.25. The summed E-state index contributed by atoms with van der Waals surface area (Å²) in [4.78, 5) is 0. The normalized spacial score (nSPS) is 43.2. The Kier molecular flexibility index (Phi) is 5.07. The summed E-state index contributed by atoms with van der Waals surface area (Å²) in [6.07, 6.45) is 15.7. The summed E-state index contributed by atoms with van der Waals surface area (Å²) in [5, 5.41) is 5.05. The first-order valence-corrected chi connectivity index (χ1v) is 12.4. The summed E-state index contributed by atoms with van der Waals surface area (Å²) in [5.41, 5.74) is 2.52. The predicted molar refractivity (Wildman–Crippen MR) is 119 cm³/mol. The van der Waals surface area contributed by atoms with Gasteiger partial charge in [0.2, 0.25) is 0 Å². The van der Waals surface area contributed by atoms with Crippen molar-refractivity contribution in [3.8, 4) is 0 Å². The van der Waals surface area contributed by atoms with Crippen molar-refractivity contribution in [2.45, 2.75) is 102 Å². The minimum absolute atomic E-state index is 0.421. The number of halogens is 1. The highest BCUT2D eigenvalue weighted by Crippen LogP contribution is 2.66. The maximum absolute atomic E-state index is 6.22. The highest BCUT2D eigenvalue weighted by atomic mass is 35.5. The molecule has 2 heteroatoms. The molecular formula is C26H38ClN. The average Bonchev–Trinajstić information content (AvgIpc) is 2.68. The Labute approximate surface area is 177 Å². The van der Waals surface area contributed by atoms with Crippen molar-refractivity contribution in [1.82, 2.24) is 5.32 Å². The minimum Gasteiger partial charge on any atom is -0.311 e. The highest BCUT2D eigenvalue weighted by Gasteiger charge is 2.59. The number of rotatable bonds is 5. The zero-order chi connectivity index (χ0) is 19.4. The summed E-state index contributed by atoms with van der Waals surface area (Å²) >= 11 is 6.22. The molecule has 0 aliphatic heterocycles. The van der Waals surface area contributed by atoms with Crippen LogP contribution in [0.1, 0.15) is 90.0 Å². The van der Waals surface area contributed by atoms with Crippen LogP contribution in [-0.2, 0) is 5.41 Å². The summed E-state index contributed by atoms with van der Waals surface area (Å²) in [5.74, 6) is 2.87. The van der Waals surface area contributed by atoms with Gasteiger partial charge in [0.15, 0.2) is 0 Å². The molecule has 5 fully saturated rings. The van der Waals surface area contributed by atoms with Gasteiger partial charge in [-0.05, 0) is 117 Å². The van der Waals surface area contributed by atoms with Crippen LogP contribution in [-0.4, -0.2) is 12.1 Å². The topological polar surface area (TPSA) is 12.0 Å². The van der Waals surface area contributed by atoms with E-state index in [-0.39, 0.29) is 0 Å². The molecule has 1 aromatic rings. The van der Waals surface area contributed by atoms with Crippen LogP contribution in [0.25, 0.3) is 0 Å². The molecule has 0 aromatic heterocycles. The number of benzene rings is 1. The van der Waals surface area contributed by atoms with Crippen LogP contribution in [0.2, 0.25) is 5.02 Å². The molecule has 0 amide bonds. The van der Waals surface area contributed by atoms with Gasteiger partial charge in [0.25, 0.3) is 0 Å². The van der Waals surface area contributed by atoms with E-state index in [1.165, 1.54) is 70.6 Å². The van der Waals surface area contributed by atoms with Crippen molar-refractivity contribution in [3.63, 3.8) is 0 Å². The number of hydrogen-bond donors (Lipinski definition) is 1. The number of nitrogens with one attached hydrogen (secondary N) is 1. The molecule has 0 heterocycles. The minimum atomic E-state index is 0.421. The summed E-state index contributed by atoms with van der Waals surface area (Å²) in [7, 11) is 0.